The second kappa shape index (κ2) is 4.12. The summed E-state index contributed by atoms with van der Waals surface area (Å²) >= 11 is 0. The molecule has 16 heavy (non-hydrogen) atoms. The molecule has 1 aromatic rings. The lowest BCUT2D eigenvalue weighted by Gasteiger charge is -2.12. The maximum absolute atomic E-state index is 11.7. The van der Waals surface area contributed by atoms with Crippen molar-refractivity contribution in [3.8, 4) is 0 Å². The Labute approximate surface area is 95.9 Å². The van der Waals surface area contributed by atoms with Crippen LogP contribution in [0.2, 0.25) is 0 Å². The lowest BCUT2D eigenvalue weighted by atomic mass is 9.93. The number of rotatable bonds is 4. The van der Waals surface area contributed by atoms with Crippen molar-refractivity contribution >= 4 is 5.97 Å². The average molecular weight is 216 g/mol. The number of carbonyl (C=O) groups is 1. The zero-order valence-electron chi connectivity index (χ0n) is 9.48. The molecule has 1 saturated carbocycles. The number of hydrogen-bond donors (Lipinski definition) is 0. The molecule has 0 N–H and O–H groups in total. The van der Waals surface area contributed by atoms with Crippen molar-refractivity contribution in [2.24, 2.45) is 5.92 Å². The van der Waals surface area contributed by atoms with Crippen LogP contribution in [0.4, 0.5) is 0 Å². The maximum atomic E-state index is 11.7. The molecule has 1 aliphatic rings. The van der Waals surface area contributed by atoms with Gasteiger partial charge in [-0.25, -0.2) is 0 Å². The number of benzene rings is 1. The number of carbonyl (C=O) groups excluding carboxylic acids is 1. The molecule has 2 heteroatoms. The van der Waals surface area contributed by atoms with Crippen LogP contribution in [0.5, 0.6) is 0 Å². The van der Waals surface area contributed by atoms with Gasteiger partial charge in [0.05, 0.1) is 12.5 Å². The van der Waals surface area contributed by atoms with Crippen LogP contribution < -0.4 is 0 Å². The summed E-state index contributed by atoms with van der Waals surface area (Å²) < 4.78 is 5.06. The largest absolute Gasteiger partial charge is 0.466 e. The fourth-order valence-electron chi connectivity index (χ4n) is 2.23. The van der Waals surface area contributed by atoms with Crippen LogP contribution >= 0.6 is 0 Å². The summed E-state index contributed by atoms with van der Waals surface area (Å²) in [5.41, 5.74) is 0.969. The number of hydrogen-bond acceptors (Lipinski definition) is 2. The Morgan fingerprint density at radius 1 is 1.56 bits per heavy atom. The van der Waals surface area contributed by atoms with Crippen molar-refractivity contribution < 1.29 is 9.53 Å². The van der Waals surface area contributed by atoms with Crippen molar-refractivity contribution in [2.45, 2.75) is 18.8 Å². The quantitative estimate of drug-likeness (QED) is 0.571. The van der Waals surface area contributed by atoms with Gasteiger partial charge in [0.1, 0.15) is 0 Å². The summed E-state index contributed by atoms with van der Waals surface area (Å²) in [6, 6.07) is 10.0. The van der Waals surface area contributed by atoms with Crippen LogP contribution in [-0.2, 0) is 14.9 Å². The van der Waals surface area contributed by atoms with Crippen LogP contribution in [0.25, 0.3) is 0 Å². The highest BCUT2D eigenvalue weighted by Crippen LogP contribution is 2.55. The van der Waals surface area contributed by atoms with Gasteiger partial charge in [0.25, 0.3) is 0 Å². The first kappa shape index (κ1) is 10.9. The van der Waals surface area contributed by atoms with E-state index >= 15 is 0 Å². The van der Waals surface area contributed by atoms with E-state index in [9.17, 15) is 4.79 Å². The third kappa shape index (κ3) is 1.64. The van der Waals surface area contributed by atoms with Crippen LogP contribution in [0.3, 0.4) is 0 Å². The highest BCUT2D eigenvalue weighted by Gasteiger charge is 2.58. The molecule has 1 fully saturated rings. The first-order valence-corrected chi connectivity index (χ1v) is 5.60. The Balaban J connectivity index is 2.20. The van der Waals surface area contributed by atoms with Crippen molar-refractivity contribution in [1.29, 1.82) is 0 Å². The van der Waals surface area contributed by atoms with Gasteiger partial charge in [-0.3, -0.25) is 4.79 Å². The van der Waals surface area contributed by atoms with Gasteiger partial charge in [-0.2, -0.15) is 0 Å². The molecule has 1 aromatic carbocycles. The number of ether oxygens (including phenoxy) is 1. The molecular formula is C14H16O2. The van der Waals surface area contributed by atoms with E-state index in [0.717, 1.165) is 12.0 Å². The predicted molar refractivity (Wildman–Crippen MR) is 63.1 cm³/mol. The lowest BCUT2D eigenvalue weighted by molar-refractivity contribution is -0.145. The zero-order valence-corrected chi connectivity index (χ0v) is 9.48. The Morgan fingerprint density at radius 2 is 2.25 bits per heavy atom. The van der Waals surface area contributed by atoms with Gasteiger partial charge in [0, 0.05) is 5.41 Å². The summed E-state index contributed by atoms with van der Waals surface area (Å²) in [4.78, 5) is 11.7. The molecule has 0 aliphatic heterocycles. The summed E-state index contributed by atoms with van der Waals surface area (Å²) in [6.07, 6.45) is 2.70. The van der Waals surface area contributed by atoms with Gasteiger partial charge >= 0.3 is 5.97 Å². The standard InChI is InChI=1S/C14H16O2/c1-3-14(11-8-6-5-7-9-11)10-12(14)13(15)16-4-2/h3,5-9,12H,1,4,10H2,2H3. The topological polar surface area (TPSA) is 26.3 Å². The fourth-order valence-corrected chi connectivity index (χ4v) is 2.23. The molecule has 2 rings (SSSR count). The van der Waals surface area contributed by atoms with Gasteiger partial charge in [-0.1, -0.05) is 36.4 Å². The summed E-state index contributed by atoms with van der Waals surface area (Å²) in [5, 5.41) is 0. The summed E-state index contributed by atoms with van der Waals surface area (Å²) in [5.74, 6) is -0.154. The Bertz CT molecular complexity index is 396. The van der Waals surface area contributed by atoms with E-state index in [-0.39, 0.29) is 17.3 Å². The van der Waals surface area contributed by atoms with Gasteiger partial charge in [-0.15, -0.1) is 6.58 Å². The van der Waals surface area contributed by atoms with Gasteiger partial charge in [-0.05, 0) is 18.9 Å². The van der Waals surface area contributed by atoms with Crippen LogP contribution in [-0.4, -0.2) is 12.6 Å². The summed E-state index contributed by atoms with van der Waals surface area (Å²) in [6.45, 7) is 6.13. The molecule has 2 atom stereocenters. The minimum Gasteiger partial charge on any atom is -0.466 e. The molecule has 0 aromatic heterocycles. The van der Waals surface area contributed by atoms with E-state index in [0.29, 0.717) is 6.61 Å². The predicted octanol–water partition coefficient (Wildman–Crippen LogP) is 2.69. The molecule has 0 amide bonds. The molecule has 84 valence electrons. The Hall–Kier alpha value is -1.57. The third-order valence-electron chi connectivity index (χ3n) is 3.25. The Morgan fingerprint density at radius 3 is 2.81 bits per heavy atom. The maximum Gasteiger partial charge on any atom is 0.310 e. The van der Waals surface area contributed by atoms with Crippen molar-refractivity contribution in [3.05, 3.63) is 48.6 Å². The third-order valence-corrected chi connectivity index (χ3v) is 3.25. The van der Waals surface area contributed by atoms with E-state index in [2.05, 4.69) is 6.58 Å². The fraction of sp³-hybridized carbons (Fsp3) is 0.357. The normalized spacial score (nSPS) is 27.2. The number of esters is 1. The number of allylic oxidation sites excluding steroid dienone is 1. The second-order valence-electron chi connectivity index (χ2n) is 4.12. The average Bonchev–Trinajstić information content (AvgIpc) is 3.07. The van der Waals surface area contributed by atoms with Crippen LogP contribution in [0.1, 0.15) is 18.9 Å². The Kier molecular flexibility index (Phi) is 2.82. The van der Waals surface area contributed by atoms with E-state index in [1.54, 1.807) is 0 Å². The molecule has 2 unspecified atom stereocenters. The zero-order chi connectivity index (χ0) is 11.6. The highest BCUT2D eigenvalue weighted by molar-refractivity contribution is 5.80. The van der Waals surface area contributed by atoms with E-state index in [4.69, 9.17) is 4.74 Å². The van der Waals surface area contributed by atoms with Crippen LogP contribution in [0.15, 0.2) is 43.0 Å². The van der Waals surface area contributed by atoms with Gasteiger partial charge < -0.3 is 4.74 Å². The van der Waals surface area contributed by atoms with Gasteiger partial charge in [0.2, 0.25) is 0 Å². The van der Waals surface area contributed by atoms with Crippen molar-refractivity contribution in [2.75, 3.05) is 6.61 Å². The molecule has 0 spiro atoms. The smallest absolute Gasteiger partial charge is 0.310 e. The molecule has 0 bridgehead atoms. The molecule has 0 heterocycles. The van der Waals surface area contributed by atoms with E-state index in [1.807, 2.05) is 43.3 Å². The first-order chi connectivity index (χ1) is 7.74. The van der Waals surface area contributed by atoms with E-state index in [1.165, 1.54) is 0 Å². The molecule has 2 nitrogen and oxygen atoms in total. The molecule has 1 aliphatic carbocycles. The first-order valence-electron chi connectivity index (χ1n) is 5.60. The molecule has 0 saturated heterocycles. The lowest BCUT2D eigenvalue weighted by Crippen LogP contribution is -2.15. The van der Waals surface area contributed by atoms with Crippen molar-refractivity contribution in [3.63, 3.8) is 0 Å². The van der Waals surface area contributed by atoms with Crippen LogP contribution in [0, 0.1) is 5.92 Å². The van der Waals surface area contributed by atoms with Gasteiger partial charge in [0.15, 0.2) is 0 Å². The van der Waals surface area contributed by atoms with E-state index < -0.39 is 0 Å². The molecule has 0 radical (unpaired) electrons. The minimum absolute atomic E-state index is 0.0488. The highest BCUT2D eigenvalue weighted by atomic mass is 16.5. The minimum atomic E-state index is -0.187. The second-order valence-corrected chi connectivity index (χ2v) is 4.12. The summed E-state index contributed by atoms with van der Waals surface area (Å²) in [7, 11) is 0. The van der Waals surface area contributed by atoms with Crippen molar-refractivity contribution in [1.82, 2.24) is 0 Å². The SMILES string of the molecule is C=CC1(c2ccccc2)CC1C(=O)OCC. The molecular weight excluding hydrogens is 200 g/mol. The monoisotopic (exact) mass is 216 g/mol.